The predicted molar refractivity (Wildman–Crippen MR) is 50.4 cm³/mol. The van der Waals surface area contributed by atoms with Gasteiger partial charge >= 0.3 is 0 Å². The summed E-state index contributed by atoms with van der Waals surface area (Å²) >= 11 is 0. The predicted octanol–water partition coefficient (Wildman–Crippen LogP) is 0.895. The zero-order valence-electron chi connectivity index (χ0n) is 8.25. The van der Waals surface area contributed by atoms with Gasteiger partial charge in [0, 0.05) is 13.0 Å². The Balaban J connectivity index is 2.20. The van der Waals surface area contributed by atoms with Crippen molar-refractivity contribution in [2.75, 3.05) is 6.54 Å². The average Bonchev–Trinajstić information content (AvgIpc) is 2.62. The molecule has 0 aliphatic carbocycles. The summed E-state index contributed by atoms with van der Waals surface area (Å²) in [6, 6.07) is 0.323. The van der Waals surface area contributed by atoms with Crippen LogP contribution < -0.4 is 5.32 Å². The molecule has 13 heavy (non-hydrogen) atoms. The van der Waals surface area contributed by atoms with E-state index in [-0.39, 0.29) is 0 Å². The normalized spacial score (nSPS) is 17.4. The molecule has 0 bridgehead atoms. The molecule has 2 heterocycles. The van der Waals surface area contributed by atoms with Gasteiger partial charge in [-0.1, -0.05) is 6.92 Å². The maximum absolute atomic E-state index is 4.21. The first-order valence-electron chi connectivity index (χ1n) is 4.98. The van der Waals surface area contributed by atoms with Gasteiger partial charge in [0.05, 0.1) is 6.04 Å². The average molecular weight is 180 g/mol. The third-order valence-electron chi connectivity index (χ3n) is 2.54. The van der Waals surface area contributed by atoms with E-state index >= 15 is 0 Å². The van der Waals surface area contributed by atoms with Gasteiger partial charge in [-0.3, -0.25) is 0 Å². The SMILES string of the molecule is CCNC(C)c1nnc2n1CCC2. The second-order valence-corrected chi connectivity index (χ2v) is 3.51. The minimum atomic E-state index is 0.323. The highest BCUT2D eigenvalue weighted by molar-refractivity contribution is 5.03. The Kier molecular flexibility index (Phi) is 2.31. The van der Waals surface area contributed by atoms with Gasteiger partial charge in [-0.25, -0.2) is 0 Å². The topological polar surface area (TPSA) is 42.7 Å². The molecule has 4 heteroatoms. The van der Waals surface area contributed by atoms with Gasteiger partial charge in [-0.15, -0.1) is 10.2 Å². The quantitative estimate of drug-likeness (QED) is 0.751. The van der Waals surface area contributed by atoms with Crippen LogP contribution >= 0.6 is 0 Å². The molecule has 0 saturated carbocycles. The van der Waals surface area contributed by atoms with Crippen LogP contribution in [0.1, 0.15) is 38.0 Å². The summed E-state index contributed by atoms with van der Waals surface area (Å²) in [7, 11) is 0. The van der Waals surface area contributed by atoms with E-state index in [4.69, 9.17) is 0 Å². The molecule has 1 unspecified atom stereocenters. The Morgan fingerprint density at radius 2 is 2.38 bits per heavy atom. The van der Waals surface area contributed by atoms with Crippen molar-refractivity contribution in [1.82, 2.24) is 20.1 Å². The van der Waals surface area contributed by atoms with Crippen molar-refractivity contribution in [3.63, 3.8) is 0 Å². The van der Waals surface area contributed by atoms with E-state index in [0.29, 0.717) is 6.04 Å². The van der Waals surface area contributed by atoms with E-state index in [1.807, 2.05) is 0 Å². The molecule has 2 rings (SSSR count). The standard InChI is InChI=1S/C9H16N4/c1-3-10-7(2)9-12-11-8-5-4-6-13(8)9/h7,10H,3-6H2,1-2H3. The van der Waals surface area contributed by atoms with Gasteiger partial charge in [0.25, 0.3) is 0 Å². The number of hydrogen-bond donors (Lipinski definition) is 1. The lowest BCUT2D eigenvalue weighted by Crippen LogP contribution is -2.21. The van der Waals surface area contributed by atoms with Crippen LogP contribution in [0.3, 0.4) is 0 Å². The molecule has 0 spiro atoms. The van der Waals surface area contributed by atoms with Crippen molar-refractivity contribution in [2.24, 2.45) is 0 Å². The highest BCUT2D eigenvalue weighted by Crippen LogP contribution is 2.18. The van der Waals surface area contributed by atoms with Crippen molar-refractivity contribution >= 4 is 0 Å². The third-order valence-corrected chi connectivity index (χ3v) is 2.54. The van der Waals surface area contributed by atoms with E-state index in [1.54, 1.807) is 0 Å². The van der Waals surface area contributed by atoms with Crippen LogP contribution in [0.4, 0.5) is 0 Å². The van der Waals surface area contributed by atoms with Gasteiger partial charge in [-0.05, 0) is 19.9 Å². The zero-order chi connectivity index (χ0) is 9.26. The Labute approximate surface area is 78.4 Å². The Morgan fingerprint density at radius 1 is 1.54 bits per heavy atom. The Morgan fingerprint density at radius 3 is 3.15 bits per heavy atom. The fourth-order valence-corrected chi connectivity index (χ4v) is 1.89. The summed E-state index contributed by atoms with van der Waals surface area (Å²) in [5, 5.41) is 11.7. The smallest absolute Gasteiger partial charge is 0.149 e. The molecule has 0 amide bonds. The third kappa shape index (κ3) is 1.46. The molecule has 4 nitrogen and oxygen atoms in total. The molecule has 1 atom stereocenters. The van der Waals surface area contributed by atoms with Gasteiger partial charge in [0.15, 0.2) is 0 Å². The van der Waals surface area contributed by atoms with E-state index in [9.17, 15) is 0 Å². The van der Waals surface area contributed by atoms with E-state index in [1.165, 1.54) is 6.42 Å². The van der Waals surface area contributed by atoms with Crippen LogP contribution in [-0.4, -0.2) is 21.3 Å². The largest absolute Gasteiger partial charge is 0.314 e. The van der Waals surface area contributed by atoms with Crippen molar-refractivity contribution in [2.45, 2.75) is 39.3 Å². The van der Waals surface area contributed by atoms with E-state index in [0.717, 1.165) is 31.2 Å². The number of nitrogens with one attached hydrogen (secondary N) is 1. The molecule has 0 radical (unpaired) electrons. The second kappa shape index (κ2) is 3.46. The van der Waals surface area contributed by atoms with Crippen molar-refractivity contribution < 1.29 is 0 Å². The fourth-order valence-electron chi connectivity index (χ4n) is 1.89. The molecule has 1 aromatic heterocycles. The van der Waals surface area contributed by atoms with E-state index in [2.05, 4.69) is 33.9 Å². The minimum absolute atomic E-state index is 0.323. The molecule has 1 aromatic rings. The summed E-state index contributed by atoms with van der Waals surface area (Å²) in [6.45, 7) is 6.31. The highest BCUT2D eigenvalue weighted by Gasteiger charge is 2.20. The summed E-state index contributed by atoms with van der Waals surface area (Å²) in [6.07, 6.45) is 2.31. The van der Waals surface area contributed by atoms with Crippen LogP contribution in [-0.2, 0) is 13.0 Å². The number of aryl methyl sites for hydroxylation is 1. The first-order valence-corrected chi connectivity index (χ1v) is 4.98. The lowest BCUT2D eigenvalue weighted by Gasteiger charge is -2.11. The zero-order valence-corrected chi connectivity index (χ0v) is 8.25. The monoisotopic (exact) mass is 180 g/mol. The van der Waals surface area contributed by atoms with Gasteiger partial charge in [0.2, 0.25) is 0 Å². The highest BCUT2D eigenvalue weighted by atomic mass is 15.3. The molecule has 0 saturated heterocycles. The summed E-state index contributed by atoms with van der Waals surface area (Å²) in [4.78, 5) is 0. The maximum Gasteiger partial charge on any atom is 0.149 e. The second-order valence-electron chi connectivity index (χ2n) is 3.51. The molecule has 0 aromatic carbocycles. The number of rotatable bonds is 3. The van der Waals surface area contributed by atoms with Crippen LogP contribution in [0.5, 0.6) is 0 Å². The molecule has 72 valence electrons. The van der Waals surface area contributed by atoms with Crippen LogP contribution in [0.2, 0.25) is 0 Å². The fraction of sp³-hybridized carbons (Fsp3) is 0.778. The minimum Gasteiger partial charge on any atom is -0.314 e. The van der Waals surface area contributed by atoms with Gasteiger partial charge in [0.1, 0.15) is 11.6 Å². The van der Waals surface area contributed by atoms with Crippen LogP contribution in [0.15, 0.2) is 0 Å². The number of hydrogen-bond acceptors (Lipinski definition) is 3. The van der Waals surface area contributed by atoms with Gasteiger partial charge in [-0.2, -0.15) is 0 Å². The molecule has 1 N–H and O–H groups in total. The lowest BCUT2D eigenvalue weighted by atomic mass is 10.3. The molecule has 0 fully saturated rings. The number of fused-ring (bicyclic) bond motifs is 1. The first-order chi connectivity index (χ1) is 6.33. The molecule has 1 aliphatic rings. The first kappa shape index (κ1) is 8.69. The van der Waals surface area contributed by atoms with E-state index < -0.39 is 0 Å². The number of nitrogens with zero attached hydrogens (tertiary/aromatic N) is 3. The van der Waals surface area contributed by atoms with Crippen LogP contribution in [0.25, 0.3) is 0 Å². The summed E-state index contributed by atoms with van der Waals surface area (Å²) < 4.78 is 2.24. The summed E-state index contributed by atoms with van der Waals surface area (Å²) in [5.41, 5.74) is 0. The van der Waals surface area contributed by atoms with Crippen molar-refractivity contribution in [3.8, 4) is 0 Å². The lowest BCUT2D eigenvalue weighted by molar-refractivity contribution is 0.531. The Bertz CT molecular complexity index is 292. The van der Waals surface area contributed by atoms with Crippen LogP contribution in [0, 0.1) is 0 Å². The Hall–Kier alpha value is -0.900. The van der Waals surface area contributed by atoms with Gasteiger partial charge < -0.3 is 9.88 Å². The van der Waals surface area contributed by atoms with Crippen molar-refractivity contribution in [1.29, 1.82) is 0 Å². The molecular formula is C9H16N4. The number of aromatic nitrogens is 3. The van der Waals surface area contributed by atoms with Crippen molar-refractivity contribution in [3.05, 3.63) is 11.6 Å². The summed E-state index contributed by atoms with van der Waals surface area (Å²) in [5.74, 6) is 2.24. The molecule has 1 aliphatic heterocycles. The maximum atomic E-state index is 4.21. The molecular weight excluding hydrogens is 164 g/mol.